The van der Waals surface area contributed by atoms with Gasteiger partial charge in [-0.15, -0.1) is 0 Å². The van der Waals surface area contributed by atoms with Gasteiger partial charge in [0.25, 0.3) is 0 Å². The summed E-state index contributed by atoms with van der Waals surface area (Å²) in [5.41, 5.74) is 1.48. The standard InChI is InChI=1S/C23H26N2O6S/c1-29-20-9-5-17(14-22(20)32(27,28)25-11-3-2-4-12-25)7-10-23(26)24-15-18-6-8-19-21(13-18)31-16-30-19/h5-10,13-14H,2-4,11-12,15-16H2,1H3,(H,24,26). The number of amides is 1. The highest BCUT2D eigenvalue weighted by Crippen LogP contribution is 2.32. The molecule has 0 radical (unpaired) electrons. The zero-order valence-corrected chi connectivity index (χ0v) is 18.7. The van der Waals surface area contributed by atoms with E-state index in [1.807, 2.05) is 12.1 Å². The molecule has 2 heterocycles. The third kappa shape index (κ3) is 4.89. The van der Waals surface area contributed by atoms with Crippen LogP contribution in [0.25, 0.3) is 6.08 Å². The Morgan fingerprint density at radius 2 is 1.88 bits per heavy atom. The van der Waals surface area contributed by atoms with Crippen molar-refractivity contribution in [2.45, 2.75) is 30.7 Å². The van der Waals surface area contributed by atoms with Crippen LogP contribution in [0.5, 0.6) is 17.2 Å². The van der Waals surface area contributed by atoms with Gasteiger partial charge in [-0.05, 0) is 54.3 Å². The minimum absolute atomic E-state index is 0.116. The minimum Gasteiger partial charge on any atom is -0.495 e. The number of fused-ring (bicyclic) bond motifs is 1. The molecule has 0 atom stereocenters. The highest BCUT2D eigenvalue weighted by atomic mass is 32.2. The van der Waals surface area contributed by atoms with Crippen molar-refractivity contribution in [3.63, 3.8) is 0 Å². The molecule has 0 saturated carbocycles. The van der Waals surface area contributed by atoms with Gasteiger partial charge in [-0.3, -0.25) is 4.79 Å². The molecule has 1 N–H and O–H groups in total. The number of rotatable bonds is 7. The van der Waals surface area contributed by atoms with Crippen molar-refractivity contribution < 1.29 is 27.4 Å². The predicted octanol–water partition coefficient (Wildman–Crippen LogP) is 2.93. The normalized spacial score (nSPS) is 16.3. The summed E-state index contributed by atoms with van der Waals surface area (Å²) in [4.78, 5) is 12.4. The number of hydrogen-bond donors (Lipinski definition) is 1. The molecule has 9 heteroatoms. The monoisotopic (exact) mass is 458 g/mol. The van der Waals surface area contributed by atoms with Crippen LogP contribution in [0.2, 0.25) is 0 Å². The summed E-state index contributed by atoms with van der Waals surface area (Å²) < 4.78 is 43.7. The Balaban J connectivity index is 1.44. The predicted molar refractivity (Wildman–Crippen MR) is 119 cm³/mol. The molecule has 8 nitrogen and oxygen atoms in total. The van der Waals surface area contributed by atoms with E-state index in [2.05, 4.69) is 5.32 Å². The van der Waals surface area contributed by atoms with Gasteiger partial charge >= 0.3 is 0 Å². The van der Waals surface area contributed by atoms with E-state index in [1.54, 1.807) is 30.3 Å². The van der Waals surface area contributed by atoms with E-state index in [-0.39, 0.29) is 17.6 Å². The van der Waals surface area contributed by atoms with Gasteiger partial charge in [0.15, 0.2) is 11.5 Å². The second-order valence-corrected chi connectivity index (χ2v) is 9.52. The summed E-state index contributed by atoms with van der Waals surface area (Å²) in [6.45, 7) is 1.55. The number of piperidine rings is 1. The first-order valence-corrected chi connectivity index (χ1v) is 11.9. The number of hydrogen-bond acceptors (Lipinski definition) is 6. The first-order valence-electron chi connectivity index (χ1n) is 10.5. The largest absolute Gasteiger partial charge is 0.495 e. The van der Waals surface area contributed by atoms with Crippen molar-refractivity contribution in [2.75, 3.05) is 27.0 Å². The number of nitrogens with one attached hydrogen (secondary N) is 1. The van der Waals surface area contributed by atoms with Gasteiger partial charge in [-0.1, -0.05) is 18.6 Å². The first kappa shape index (κ1) is 22.2. The second-order valence-electron chi connectivity index (χ2n) is 7.61. The zero-order valence-electron chi connectivity index (χ0n) is 17.9. The van der Waals surface area contributed by atoms with Crippen LogP contribution in [0.3, 0.4) is 0 Å². The van der Waals surface area contributed by atoms with Crippen molar-refractivity contribution in [1.29, 1.82) is 0 Å². The Morgan fingerprint density at radius 1 is 1.09 bits per heavy atom. The third-order valence-electron chi connectivity index (χ3n) is 5.45. The lowest BCUT2D eigenvalue weighted by molar-refractivity contribution is -0.116. The maximum Gasteiger partial charge on any atom is 0.246 e. The van der Waals surface area contributed by atoms with E-state index in [4.69, 9.17) is 14.2 Å². The first-order chi connectivity index (χ1) is 15.5. The number of ether oxygens (including phenoxy) is 3. The molecule has 1 fully saturated rings. The summed E-state index contributed by atoms with van der Waals surface area (Å²) >= 11 is 0. The highest BCUT2D eigenvalue weighted by Gasteiger charge is 2.29. The molecule has 2 aliphatic heterocycles. The Hall–Kier alpha value is -3.04. The lowest BCUT2D eigenvalue weighted by Gasteiger charge is -2.26. The SMILES string of the molecule is COc1ccc(C=CC(=O)NCc2ccc3c(c2)OCO3)cc1S(=O)(=O)N1CCCCC1. The fourth-order valence-corrected chi connectivity index (χ4v) is 5.42. The molecule has 1 saturated heterocycles. The number of sulfonamides is 1. The summed E-state index contributed by atoms with van der Waals surface area (Å²) in [5.74, 6) is 1.35. The van der Waals surface area contributed by atoms with Crippen molar-refractivity contribution in [3.05, 3.63) is 53.6 Å². The molecule has 2 aromatic rings. The lowest BCUT2D eigenvalue weighted by Crippen LogP contribution is -2.35. The number of carbonyl (C=O) groups is 1. The Morgan fingerprint density at radius 3 is 2.66 bits per heavy atom. The van der Waals surface area contributed by atoms with Crippen LogP contribution < -0.4 is 19.5 Å². The molecule has 1 amide bonds. The summed E-state index contributed by atoms with van der Waals surface area (Å²) in [6, 6.07) is 10.4. The molecular weight excluding hydrogens is 432 g/mol. The Bertz CT molecular complexity index is 1120. The van der Waals surface area contributed by atoms with Crippen LogP contribution in [0.4, 0.5) is 0 Å². The fraction of sp³-hybridized carbons (Fsp3) is 0.348. The van der Waals surface area contributed by atoms with Gasteiger partial charge in [0.2, 0.25) is 22.7 Å². The zero-order chi connectivity index (χ0) is 22.6. The fourth-order valence-electron chi connectivity index (χ4n) is 3.71. The van der Waals surface area contributed by atoms with E-state index in [1.165, 1.54) is 17.5 Å². The number of benzene rings is 2. The van der Waals surface area contributed by atoms with Crippen molar-refractivity contribution in [2.24, 2.45) is 0 Å². The van der Waals surface area contributed by atoms with Crippen molar-refractivity contribution >= 4 is 22.0 Å². The van der Waals surface area contributed by atoms with Gasteiger partial charge < -0.3 is 19.5 Å². The van der Waals surface area contributed by atoms with E-state index >= 15 is 0 Å². The lowest BCUT2D eigenvalue weighted by atomic mass is 10.2. The van der Waals surface area contributed by atoms with Crippen LogP contribution in [0, 0.1) is 0 Å². The summed E-state index contributed by atoms with van der Waals surface area (Å²) in [7, 11) is -2.22. The van der Waals surface area contributed by atoms with E-state index in [0.29, 0.717) is 42.4 Å². The van der Waals surface area contributed by atoms with Crippen molar-refractivity contribution in [3.8, 4) is 17.2 Å². The molecule has 2 aliphatic rings. The second kappa shape index (κ2) is 9.62. The van der Waals surface area contributed by atoms with Gasteiger partial charge in [0.05, 0.1) is 7.11 Å². The third-order valence-corrected chi connectivity index (χ3v) is 7.37. The average Bonchev–Trinajstić information content (AvgIpc) is 3.29. The van der Waals surface area contributed by atoms with Crippen LogP contribution >= 0.6 is 0 Å². The molecule has 170 valence electrons. The molecular formula is C23H26N2O6S. The van der Waals surface area contributed by atoms with Crippen LogP contribution in [0.15, 0.2) is 47.4 Å². The van der Waals surface area contributed by atoms with E-state index in [9.17, 15) is 13.2 Å². The average molecular weight is 459 g/mol. The van der Waals surface area contributed by atoms with Gasteiger partial charge in [0.1, 0.15) is 10.6 Å². The highest BCUT2D eigenvalue weighted by molar-refractivity contribution is 7.89. The Kier molecular flexibility index (Phi) is 6.66. The van der Waals surface area contributed by atoms with Crippen LogP contribution in [-0.2, 0) is 21.4 Å². The van der Waals surface area contributed by atoms with Crippen LogP contribution in [0.1, 0.15) is 30.4 Å². The van der Waals surface area contributed by atoms with Gasteiger partial charge in [0, 0.05) is 25.7 Å². The molecule has 0 spiro atoms. The molecule has 0 aliphatic carbocycles. The van der Waals surface area contributed by atoms with E-state index in [0.717, 1.165) is 24.8 Å². The summed E-state index contributed by atoms with van der Waals surface area (Å²) in [5, 5.41) is 2.81. The number of carbonyl (C=O) groups excluding carboxylic acids is 1. The number of nitrogens with zero attached hydrogens (tertiary/aromatic N) is 1. The Labute approximate surface area is 187 Å². The molecule has 0 aromatic heterocycles. The molecule has 2 aromatic carbocycles. The van der Waals surface area contributed by atoms with Crippen molar-refractivity contribution in [1.82, 2.24) is 9.62 Å². The molecule has 0 unspecified atom stereocenters. The topological polar surface area (TPSA) is 94.2 Å². The number of methoxy groups -OCH3 is 1. The molecule has 32 heavy (non-hydrogen) atoms. The maximum absolute atomic E-state index is 13.1. The smallest absolute Gasteiger partial charge is 0.246 e. The molecule has 0 bridgehead atoms. The van der Waals surface area contributed by atoms with Crippen LogP contribution in [-0.4, -0.2) is 45.6 Å². The molecule has 4 rings (SSSR count). The summed E-state index contributed by atoms with van der Waals surface area (Å²) in [6.07, 6.45) is 5.71. The van der Waals surface area contributed by atoms with E-state index < -0.39 is 10.0 Å². The minimum atomic E-state index is -3.67. The quantitative estimate of drug-likeness (QED) is 0.641. The van der Waals surface area contributed by atoms with Gasteiger partial charge in [-0.2, -0.15) is 4.31 Å². The maximum atomic E-state index is 13.1. The van der Waals surface area contributed by atoms with Gasteiger partial charge in [-0.25, -0.2) is 8.42 Å².